The number of nitrogens with zero attached hydrogens (tertiary/aromatic N) is 3. The van der Waals surface area contributed by atoms with Gasteiger partial charge in [-0.05, 0) is 60.0 Å². The first-order chi connectivity index (χ1) is 10.8. The normalized spacial score (nSPS) is 19.1. The molecule has 0 aliphatic carbocycles. The number of thiophene rings is 1. The molecule has 0 N–H and O–H groups in total. The van der Waals surface area contributed by atoms with Crippen molar-refractivity contribution in [3.63, 3.8) is 0 Å². The van der Waals surface area contributed by atoms with Crippen LogP contribution in [0.2, 0.25) is 0 Å². The molecule has 3 heterocycles. The van der Waals surface area contributed by atoms with E-state index in [1.54, 1.807) is 11.3 Å². The minimum absolute atomic E-state index is 0.709. The summed E-state index contributed by atoms with van der Waals surface area (Å²) in [5.41, 5.74) is 2.73. The summed E-state index contributed by atoms with van der Waals surface area (Å²) in [6.07, 6.45) is 6.52. The molecule has 22 heavy (non-hydrogen) atoms. The monoisotopic (exact) mass is 315 g/mol. The fourth-order valence-electron chi connectivity index (χ4n) is 3.39. The summed E-state index contributed by atoms with van der Waals surface area (Å²) in [6.45, 7) is 7.88. The van der Waals surface area contributed by atoms with E-state index in [0.29, 0.717) is 6.04 Å². The van der Waals surface area contributed by atoms with E-state index in [2.05, 4.69) is 44.6 Å². The number of likely N-dealkylation sites (tertiary alicyclic amines) is 1. The second-order valence-electron chi connectivity index (χ2n) is 6.09. The molecule has 1 atom stereocenters. The molecule has 0 radical (unpaired) electrons. The van der Waals surface area contributed by atoms with Crippen molar-refractivity contribution >= 4 is 11.3 Å². The second-order valence-corrected chi connectivity index (χ2v) is 6.87. The SMILES string of the molecule is CCN1CCC[C@@H]1CN(Cc1cccnc1)Cc1ccsc1. The zero-order chi connectivity index (χ0) is 15.2. The van der Waals surface area contributed by atoms with E-state index >= 15 is 0 Å². The number of pyridine rings is 1. The Kier molecular flexibility index (Phi) is 5.59. The smallest absolute Gasteiger partial charge is 0.0312 e. The Balaban J connectivity index is 1.68. The van der Waals surface area contributed by atoms with Crippen molar-refractivity contribution in [1.29, 1.82) is 0 Å². The third-order valence-electron chi connectivity index (χ3n) is 4.49. The van der Waals surface area contributed by atoms with Gasteiger partial charge in [-0.15, -0.1) is 0 Å². The maximum atomic E-state index is 4.26. The highest BCUT2D eigenvalue weighted by atomic mass is 32.1. The molecule has 1 aliphatic heterocycles. The molecular weight excluding hydrogens is 290 g/mol. The zero-order valence-corrected chi connectivity index (χ0v) is 14.1. The minimum atomic E-state index is 0.709. The van der Waals surface area contributed by atoms with Gasteiger partial charge in [-0.25, -0.2) is 0 Å². The van der Waals surface area contributed by atoms with Crippen molar-refractivity contribution in [2.75, 3.05) is 19.6 Å². The molecule has 2 aromatic heterocycles. The van der Waals surface area contributed by atoms with E-state index in [1.807, 2.05) is 18.5 Å². The highest BCUT2D eigenvalue weighted by Crippen LogP contribution is 2.20. The lowest BCUT2D eigenvalue weighted by atomic mass is 10.1. The van der Waals surface area contributed by atoms with Gasteiger partial charge in [-0.3, -0.25) is 14.8 Å². The van der Waals surface area contributed by atoms with Gasteiger partial charge < -0.3 is 0 Å². The van der Waals surface area contributed by atoms with Gasteiger partial charge in [0, 0.05) is 38.1 Å². The molecule has 0 spiro atoms. The molecule has 2 aromatic rings. The van der Waals surface area contributed by atoms with Crippen molar-refractivity contribution in [2.45, 2.75) is 38.9 Å². The molecule has 1 fully saturated rings. The maximum absolute atomic E-state index is 4.26. The molecule has 3 rings (SSSR count). The largest absolute Gasteiger partial charge is 0.299 e. The summed E-state index contributed by atoms with van der Waals surface area (Å²) in [5.74, 6) is 0. The summed E-state index contributed by atoms with van der Waals surface area (Å²) >= 11 is 1.79. The Morgan fingerprint density at radius 2 is 2.23 bits per heavy atom. The maximum Gasteiger partial charge on any atom is 0.0312 e. The van der Waals surface area contributed by atoms with E-state index in [9.17, 15) is 0 Å². The summed E-state index contributed by atoms with van der Waals surface area (Å²) in [5, 5.41) is 4.44. The molecule has 4 heteroatoms. The minimum Gasteiger partial charge on any atom is -0.299 e. The van der Waals surface area contributed by atoms with Crippen LogP contribution in [0.25, 0.3) is 0 Å². The number of rotatable bonds is 7. The first-order valence-corrected chi connectivity index (χ1v) is 9.16. The lowest BCUT2D eigenvalue weighted by Gasteiger charge is -2.30. The van der Waals surface area contributed by atoms with Crippen molar-refractivity contribution in [1.82, 2.24) is 14.8 Å². The summed E-state index contributed by atoms with van der Waals surface area (Å²) in [7, 11) is 0. The van der Waals surface area contributed by atoms with Crippen LogP contribution in [0.5, 0.6) is 0 Å². The van der Waals surface area contributed by atoms with E-state index in [1.165, 1.54) is 37.1 Å². The van der Waals surface area contributed by atoms with Gasteiger partial charge in [0.25, 0.3) is 0 Å². The summed E-state index contributed by atoms with van der Waals surface area (Å²) < 4.78 is 0. The Morgan fingerprint density at radius 3 is 2.95 bits per heavy atom. The molecule has 0 saturated carbocycles. The lowest BCUT2D eigenvalue weighted by Crippen LogP contribution is -2.39. The Labute approximate surface area is 137 Å². The Bertz CT molecular complexity index is 541. The molecule has 1 saturated heterocycles. The average Bonchev–Trinajstić information content (AvgIpc) is 3.20. The molecule has 3 nitrogen and oxygen atoms in total. The molecule has 0 bridgehead atoms. The van der Waals surface area contributed by atoms with Crippen molar-refractivity contribution in [3.8, 4) is 0 Å². The highest BCUT2D eigenvalue weighted by Gasteiger charge is 2.25. The molecular formula is C18H25N3S. The third-order valence-corrected chi connectivity index (χ3v) is 5.22. The molecule has 0 amide bonds. The van der Waals surface area contributed by atoms with Gasteiger partial charge in [0.1, 0.15) is 0 Å². The molecule has 1 aliphatic rings. The molecule has 118 valence electrons. The number of aromatic nitrogens is 1. The molecule has 0 unspecified atom stereocenters. The van der Waals surface area contributed by atoms with E-state index in [4.69, 9.17) is 0 Å². The lowest BCUT2D eigenvalue weighted by molar-refractivity contribution is 0.166. The second kappa shape index (κ2) is 7.86. The van der Waals surface area contributed by atoms with Crippen LogP contribution in [0.4, 0.5) is 0 Å². The van der Waals surface area contributed by atoms with Crippen LogP contribution < -0.4 is 0 Å². The first kappa shape index (κ1) is 15.7. The summed E-state index contributed by atoms with van der Waals surface area (Å²) in [6, 6.07) is 7.17. The number of likely N-dealkylation sites (N-methyl/N-ethyl adjacent to an activating group) is 1. The van der Waals surface area contributed by atoms with Crippen molar-refractivity contribution in [3.05, 3.63) is 52.5 Å². The Morgan fingerprint density at radius 1 is 1.32 bits per heavy atom. The van der Waals surface area contributed by atoms with Crippen molar-refractivity contribution < 1.29 is 0 Å². The van der Waals surface area contributed by atoms with Gasteiger partial charge in [0.05, 0.1) is 0 Å². The van der Waals surface area contributed by atoms with Gasteiger partial charge in [-0.1, -0.05) is 13.0 Å². The van der Waals surface area contributed by atoms with Crippen LogP contribution in [0, 0.1) is 0 Å². The Hall–Kier alpha value is -1.23. The van der Waals surface area contributed by atoms with Crippen LogP contribution in [-0.2, 0) is 13.1 Å². The van der Waals surface area contributed by atoms with Crippen molar-refractivity contribution in [2.24, 2.45) is 0 Å². The quantitative estimate of drug-likeness (QED) is 0.778. The average molecular weight is 315 g/mol. The van der Waals surface area contributed by atoms with Gasteiger partial charge >= 0.3 is 0 Å². The van der Waals surface area contributed by atoms with E-state index in [0.717, 1.165) is 19.6 Å². The molecule has 0 aromatic carbocycles. The van der Waals surface area contributed by atoms with Gasteiger partial charge in [-0.2, -0.15) is 11.3 Å². The van der Waals surface area contributed by atoms with Crippen LogP contribution in [0.1, 0.15) is 30.9 Å². The van der Waals surface area contributed by atoms with E-state index < -0.39 is 0 Å². The third kappa shape index (κ3) is 4.15. The van der Waals surface area contributed by atoms with Gasteiger partial charge in [0.2, 0.25) is 0 Å². The number of hydrogen-bond donors (Lipinski definition) is 0. The predicted octanol–water partition coefficient (Wildman–Crippen LogP) is 3.63. The van der Waals surface area contributed by atoms with Gasteiger partial charge in [0.15, 0.2) is 0 Å². The zero-order valence-electron chi connectivity index (χ0n) is 13.3. The standard InChI is InChI=1S/C18H25N3S/c1-2-21-9-4-6-18(21)14-20(13-17-7-10-22-15-17)12-16-5-3-8-19-11-16/h3,5,7-8,10-11,15,18H,2,4,6,9,12-14H2,1H3/t18-/m1/s1. The van der Waals surface area contributed by atoms with Crippen LogP contribution >= 0.6 is 11.3 Å². The first-order valence-electron chi connectivity index (χ1n) is 8.21. The fourth-order valence-corrected chi connectivity index (χ4v) is 4.05. The number of hydrogen-bond acceptors (Lipinski definition) is 4. The fraction of sp³-hybridized carbons (Fsp3) is 0.500. The predicted molar refractivity (Wildman–Crippen MR) is 92.9 cm³/mol. The van der Waals surface area contributed by atoms with Crippen LogP contribution in [0.15, 0.2) is 41.4 Å². The van der Waals surface area contributed by atoms with Crippen LogP contribution in [0.3, 0.4) is 0 Å². The van der Waals surface area contributed by atoms with Crippen LogP contribution in [-0.4, -0.2) is 40.5 Å². The van der Waals surface area contributed by atoms with E-state index in [-0.39, 0.29) is 0 Å². The topological polar surface area (TPSA) is 19.4 Å². The highest BCUT2D eigenvalue weighted by molar-refractivity contribution is 7.07. The summed E-state index contributed by atoms with van der Waals surface area (Å²) in [4.78, 5) is 9.47.